The number of rotatable bonds is 10. The Balaban J connectivity index is 1.20. The van der Waals surface area contributed by atoms with Gasteiger partial charge in [0.2, 0.25) is 0 Å². The van der Waals surface area contributed by atoms with Crippen LogP contribution in [0.2, 0.25) is 0 Å². The Bertz CT molecular complexity index is 2430. The molecule has 8 aromatic rings. The number of anilines is 6. The summed E-state index contributed by atoms with van der Waals surface area (Å²) in [6.07, 6.45) is 0. The summed E-state index contributed by atoms with van der Waals surface area (Å²) in [5, 5.41) is 0. The Morgan fingerprint density at radius 3 is 0.966 bits per heavy atom. The molecule has 1 aliphatic rings. The molecule has 9 rings (SSSR count). The minimum Gasteiger partial charge on any atom is -0.457 e. The molecule has 1 aliphatic heterocycles. The van der Waals surface area contributed by atoms with Crippen molar-refractivity contribution in [2.24, 2.45) is 0 Å². The Kier molecular flexibility index (Phi) is 9.89. The first kappa shape index (κ1) is 36.8. The molecule has 3 heteroatoms. The summed E-state index contributed by atoms with van der Waals surface area (Å²) in [6, 6.07) is 74.6. The van der Waals surface area contributed by atoms with Gasteiger partial charge in [0.25, 0.3) is 0 Å². The van der Waals surface area contributed by atoms with Crippen molar-refractivity contribution in [2.75, 3.05) is 9.80 Å². The van der Waals surface area contributed by atoms with Crippen LogP contribution < -0.4 is 14.5 Å². The minimum atomic E-state index is -0.657. The summed E-state index contributed by atoms with van der Waals surface area (Å²) >= 11 is 0. The lowest BCUT2D eigenvalue weighted by atomic mass is 9.63. The molecular weight excluding hydrogens is 705 g/mol. The van der Waals surface area contributed by atoms with Crippen LogP contribution in [0, 0.1) is 0 Å². The second-order valence-corrected chi connectivity index (χ2v) is 15.8. The van der Waals surface area contributed by atoms with Gasteiger partial charge < -0.3 is 14.5 Å². The number of benzene rings is 8. The summed E-state index contributed by atoms with van der Waals surface area (Å²) in [7, 11) is 0. The highest BCUT2D eigenvalue weighted by Gasteiger charge is 2.45. The zero-order chi connectivity index (χ0) is 39.6. The molecule has 0 atom stereocenters. The molecule has 3 nitrogen and oxygen atoms in total. The van der Waals surface area contributed by atoms with Crippen LogP contribution in [0.1, 0.15) is 72.9 Å². The van der Waals surface area contributed by atoms with E-state index in [0.29, 0.717) is 11.8 Å². The summed E-state index contributed by atoms with van der Waals surface area (Å²) in [5.74, 6) is 2.65. The lowest BCUT2D eigenvalue weighted by Crippen LogP contribution is -2.34. The van der Waals surface area contributed by atoms with Crippen molar-refractivity contribution in [3.8, 4) is 11.5 Å². The van der Waals surface area contributed by atoms with Gasteiger partial charge in [0.1, 0.15) is 11.5 Å². The number of ether oxygens (including phenoxy) is 1. The van der Waals surface area contributed by atoms with Gasteiger partial charge in [0.05, 0.1) is 5.41 Å². The number of nitrogens with zero attached hydrogens (tertiary/aromatic N) is 2. The average Bonchev–Trinajstić information content (AvgIpc) is 3.27. The Hall–Kier alpha value is -6.84. The van der Waals surface area contributed by atoms with E-state index in [0.717, 1.165) is 56.8 Å². The third kappa shape index (κ3) is 6.63. The summed E-state index contributed by atoms with van der Waals surface area (Å²) in [5.41, 5.74) is 13.2. The fourth-order valence-electron chi connectivity index (χ4n) is 8.57. The maximum absolute atomic E-state index is 6.67. The first-order valence-corrected chi connectivity index (χ1v) is 20.4. The van der Waals surface area contributed by atoms with E-state index in [1.54, 1.807) is 0 Å². The van der Waals surface area contributed by atoms with Gasteiger partial charge in [-0.15, -0.1) is 0 Å². The molecule has 0 spiro atoms. The molecule has 0 N–H and O–H groups in total. The van der Waals surface area contributed by atoms with E-state index in [1.807, 2.05) is 0 Å². The van der Waals surface area contributed by atoms with E-state index in [4.69, 9.17) is 4.74 Å². The Labute approximate surface area is 343 Å². The van der Waals surface area contributed by atoms with Crippen molar-refractivity contribution in [2.45, 2.75) is 44.9 Å². The van der Waals surface area contributed by atoms with Gasteiger partial charge in [-0.3, -0.25) is 0 Å². The zero-order valence-corrected chi connectivity index (χ0v) is 33.6. The third-order valence-electron chi connectivity index (χ3n) is 11.6. The van der Waals surface area contributed by atoms with Crippen LogP contribution >= 0.6 is 0 Å². The van der Waals surface area contributed by atoms with Crippen LogP contribution in [-0.4, -0.2) is 0 Å². The predicted molar refractivity (Wildman–Crippen MR) is 242 cm³/mol. The molecule has 0 radical (unpaired) electrons. The van der Waals surface area contributed by atoms with Crippen molar-refractivity contribution in [3.05, 3.63) is 240 Å². The smallest absolute Gasteiger partial charge is 0.132 e. The molecule has 1 heterocycles. The molecule has 0 aromatic heterocycles. The predicted octanol–water partition coefficient (Wildman–Crippen LogP) is 15.4. The molecule has 0 unspecified atom stereocenters. The fourth-order valence-corrected chi connectivity index (χ4v) is 8.57. The number of para-hydroxylation sites is 4. The normalized spacial score (nSPS) is 12.7. The second kappa shape index (κ2) is 15.6. The maximum Gasteiger partial charge on any atom is 0.132 e. The van der Waals surface area contributed by atoms with Gasteiger partial charge in [-0.1, -0.05) is 149 Å². The monoisotopic (exact) mass is 752 g/mol. The maximum atomic E-state index is 6.67. The molecular formula is C55H48N2O. The van der Waals surface area contributed by atoms with Gasteiger partial charge in [0, 0.05) is 45.3 Å². The third-order valence-corrected chi connectivity index (χ3v) is 11.6. The molecule has 0 amide bonds. The Morgan fingerprint density at radius 1 is 0.328 bits per heavy atom. The first-order chi connectivity index (χ1) is 28.4. The summed E-state index contributed by atoms with van der Waals surface area (Å²) in [4.78, 5) is 4.68. The number of hydrogen-bond acceptors (Lipinski definition) is 3. The van der Waals surface area contributed by atoms with Crippen LogP contribution in [0.5, 0.6) is 11.5 Å². The van der Waals surface area contributed by atoms with Crippen molar-refractivity contribution in [1.82, 2.24) is 0 Å². The fraction of sp³-hybridized carbons (Fsp3) is 0.127. The summed E-state index contributed by atoms with van der Waals surface area (Å²) in [6.45, 7) is 8.96. The van der Waals surface area contributed by atoms with Gasteiger partial charge in [-0.2, -0.15) is 0 Å². The molecule has 284 valence electrons. The van der Waals surface area contributed by atoms with E-state index in [1.165, 1.54) is 22.3 Å². The SMILES string of the molecule is CC(C)c1ccc(N(c2ccccc2)c2ccc(C3(c4ccc(N(c5ccccc5)c5ccc(C(C)C)cc5)cc4)c4ccccc4Oc4ccccc43)cc2)cc1. The minimum absolute atomic E-state index is 0.465. The van der Waals surface area contributed by atoms with E-state index < -0.39 is 5.41 Å². The molecule has 0 bridgehead atoms. The molecule has 58 heavy (non-hydrogen) atoms. The molecule has 8 aromatic carbocycles. The molecule has 0 saturated carbocycles. The van der Waals surface area contributed by atoms with Gasteiger partial charge >= 0.3 is 0 Å². The standard InChI is InChI=1S/C55H48N2O/c1-39(2)41-23-31-47(32-24-41)56(45-15-7-5-8-16-45)49-35-27-43(28-36-49)55(51-19-11-13-21-53(51)58-54-22-14-12-20-52(54)55)44-29-37-50(38-30-44)57(46-17-9-6-10-18-46)48-33-25-42(26-34-48)40(3)4/h5-40H,1-4H3. The van der Waals surface area contributed by atoms with Gasteiger partial charge in [-0.25, -0.2) is 0 Å². The topological polar surface area (TPSA) is 15.7 Å². The van der Waals surface area contributed by atoms with Gasteiger partial charge in [-0.05, 0) is 119 Å². The molecule has 0 saturated heterocycles. The van der Waals surface area contributed by atoms with E-state index in [2.05, 4.69) is 244 Å². The van der Waals surface area contributed by atoms with Crippen molar-refractivity contribution in [1.29, 1.82) is 0 Å². The van der Waals surface area contributed by atoms with Crippen molar-refractivity contribution < 1.29 is 4.74 Å². The van der Waals surface area contributed by atoms with Crippen LogP contribution in [0.3, 0.4) is 0 Å². The van der Waals surface area contributed by atoms with Crippen LogP contribution in [0.4, 0.5) is 34.1 Å². The molecule has 0 aliphatic carbocycles. The largest absolute Gasteiger partial charge is 0.457 e. The van der Waals surface area contributed by atoms with E-state index in [-0.39, 0.29) is 0 Å². The average molecular weight is 753 g/mol. The highest BCUT2D eigenvalue weighted by Crippen LogP contribution is 2.56. The van der Waals surface area contributed by atoms with Crippen LogP contribution in [0.15, 0.2) is 206 Å². The Morgan fingerprint density at radius 2 is 0.621 bits per heavy atom. The highest BCUT2D eigenvalue weighted by molar-refractivity contribution is 5.80. The number of hydrogen-bond donors (Lipinski definition) is 0. The first-order valence-electron chi connectivity index (χ1n) is 20.4. The van der Waals surface area contributed by atoms with Crippen LogP contribution in [-0.2, 0) is 5.41 Å². The quantitative estimate of drug-likeness (QED) is 0.138. The lowest BCUT2D eigenvalue weighted by molar-refractivity contribution is 0.434. The highest BCUT2D eigenvalue weighted by atomic mass is 16.5. The second-order valence-electron chi connectivity index (χ2n) is 15.8. The van der Waals surface area contributed by atoms with Crippen molar-refractivity contribution in [3.63, 3.8) is 0 Å². The van der Waals surface area contributed by atoms with Crippen LogP contribution in [0.25, 0.3) is 0 Å². The zero-order valence-electron chi connectivity index (χ0n) is 33.6. The van der Waals surface area contributed by atoms with E-state index >= 15 is 0 Å². The number of fused-ring (bicyclic) bond motifs is 2. The summed E-state index contributed by atoms with van der Waals surface area (Å²) < 4.78 is 6.67. The van der Waals surface area contributed by atoms with Crippen molar-refractivity contribution >= 4 is 34.1 Å². The molecule has 0 fully saturated rings. The van der Waals surface area contributed by atoms with Gasteiger partial charge in [0.15, 0.2) is 0 Å². The van der Waals surface area contributed by atoms with E-state index in [9.17, 15) is 0 Å². The lowest BCUT2D eigenvalue weighted by Gasteiger charge is -2.42.